The maximum atomic E-state index is 4.29. The summed E-state index contributed by atoms with van der Waals surface area (Å²) in [7, 11) is 0. The smallest absolute Gasteiger partial charge is 0.0462 e. The van der Waals surface area contributed by atoms with E-state index in [1.54, 1.807) is 0 Å². The van der Waals surface area contributed by atoms with Gasteiger partial charge in [-0.2, -0.15) is 0 Å². The van der Waals surface area contributed by atoms with Crippen molar-refractivity contribution in [3.8, 4) is 0 Å². The molecule has 0 bridgehead atoms. The first-order valence-electron chi connectivity index (χ1n) is 6.50. The van der Waals surface area contributed by atoms with Crippen LogP contribution in [-0.4, -0.2) is 4.98 Å². The average molecular weight is 247 g/mol. The Kier molecular flexibility index (Phi) is 2.75. The zero-order valence-electron chi connectivity index (χ0n) is 11.3. The fourth-order valence-electron chi connectivity index (χ4n) is 2.56. The predicted octanol–water partition coefficient (Wildman–Crippen LogP) is 4.85. The molecule has 3 rings (SSSR count). The lowest BCUT2D eigenvalue weighted by molar-refractivity contribution is 1.28. The summed E-state index contributed by atoms with van der Waals surface area (Å²) in [5, 5.41) is 1.24. The lowest BCUT2D eigenvalue weighted by atomic mass is 9.96. The van der Waals surface area contributed by atoms with Crippen molar-refractivity contribution in [3.63, 3.8) is 0 Å². The van der Waals surface area contributed by atoms with E-state index in [1.807, 2.05) is 0 Å². The van der Waals surface area contributed by atoms with E-state index < -0.39 is 0 Å². The monoisotopic (exact) mass is 247 g/mol. The Bertz CT molecular complexity index is 745. The number of para-hydroxylation sites is 1. The van der Waals surface area contributed by atoms with Crippen molar-refractivity contribution < 1.29 is 0 Å². The number of aryl methyl sites for hydroxylation is 2. The van der Waals surface area contributed by atoms with E-state index in [-0.39, 0.29) is 0 Å². The van der Waals surface area contributed by atoms with Gasteiger partial charge in [0.25, 0.3) is 0 Å². The quantitative estimate of drug-likeness (QED) is 0.666. The van der Waals surface area contributed by atoms with Gasteiger partial charge in [0.1, 0.15) is 0 Å². The van der Waals surface area contributed by atoms with Gasteiger partial charge in [0.2, 0.25) is 0 Å². The molecular weight excluding hydrogens is 230 g/mol. The fraction of sp³-hybridized carbons (Fsp3) is 0.111. The van der Waals surface area contributed by atoms with Crippen molar-refractivity contribution in [1.29, 1.82) is 0 Å². The highest BCUT2D eigenvalue weighted by atomic mass is 14.7. The third kappa shape index (κ3) is 1.97. The molecule has 1 N–H and O–H groups in total. The second-order valence-corrected chi connectivity index (χ2v) is 5.02. The molecule has 1 aromatic heterocycles. The lowest BCUT2D eigenvalue weighted by Crippen LogP contribution is -1.88. The minimum absolute atomic E-state index is 1.08. The first-order valence-corrected chi connectivity index (χ1v) is 6.50. The Hall–Kier alpha value is -2.28. The lowest BCUT2D eigenvalue weighted by Gasteiger charge is -2.07. The van der Waals surface area contributed by atoms with Gasteiger partial charge in [-0.3, -0.25) is 0 Å². The molecule has 0 atom stereocenters. The Morgan fingerprint density at radius 2 is 1.63 bits per heavy atom. The minimum Gasteiger partial charge on any atom is -0.358 e. The number of H-pyrrole nitrogens is 1. The van der Waals surface area contributed by atoms with Gasteiger partial charge in [-0.15, -0.1) is 0 Å². The molecule has 1 heteroatoms. The first-order chi connectivity index (χ1) is 9.16. The van der Waals surface area contributed by atoms with Gasteiger partial charge in [-0.25, -0.2) is 0 Å². The van der Waals surface area contributed by atoms with E-state index in [4.69, 9.17) is 0 Å². The Morgan fingerprint density at radius 3 is 2.37 bits per heavy atom. The van der Waals surface area contributed by atoms with Crippen LogP contribution in [0.1, 0.15) is 22.4 Å². The van der Waals surface area contributed by atoms with Gasteiger partial charge in [0.15, 0.2) is 0 Å². The highest BCUT2D eigenvalue weighted by molar-refractivity contribution is 5.97. The molecule has 0 aliphatic heterocycles. The van der Waals surface area contributed by atoms with Gasteiger partial charge in [0.05, 0.1) is 0 Å². The zero-order chi connectivity index (χ0) is 13.4. The highest BCUT2D eigenvalue weighted by Gasteiger charge is 2.12. The van der Waals surface area contributed by atoms with E-state index in [0.717, 1.165) is 5.57 Å². The van der Waals surface area contributed by atoms with Crippen LogP contribution < -0.4 is 0 Å². The summed E-state index contributed by atoms with van der Waals surface area (Å²) in [5.74, 6) is 0. The van der Waals surface area contributed by atoms with E-state index >= 15 is 0 Å². The molecule has 3 aromatic rings. The molecule has 0 amide bonds. The molecule has 0 spiro atoms. The average Bonchev–Trinajstić information content (AvgIpc) is 2.74. The largest absolute Gasteiger partial charge is 0.358 e. The van der Waals surface area contributed by atoms with Crippen molar-refractivity contribution in [2.75, 3.05) is 0 Å². The van der Waals surface area contributed by atoms with Crippen LogP contribution in [0.15, 0.2) is 55.1 Å². The number of hydrogen-bond donors (Lipinski definition) is 1. The molecule has 0 saturated carbocycles. The van der Waals surface area contributed by atoms with Crippen LogP contribution in [0.5, 0.6) is 0 Å². The number of fused-ring (bicyclic) bond motifs is 1. The third-order valence-corrected chi connectivity index (χ3v) is 3.60. The molecule has 0 saturated heterocycles. The molecular formula is C18H17N. The highest BCUT2D eigenvalue weighted by Crippen LogP contribution is 2.31. The molecule has 94 valence electrons. The van der Waals surface area contributed by atoms with Crippen LogP contribution in [-0.2, 0) is 0 Å². The Morgan fingerprint density at radius 1 is 0.947 bits per heavy atom. The second kappa shape index (κ2) is 4.43. The Balaban J connectivity index is 2.16. The van der Waals surface area contributed by atoms with Gasteiger partial charge in [-0.05, 0) is 31.1 Å². The number of aromatic nitrogens is 1. The molecule has 2 aromatic carbocycles. The van der Waals surface area contributed by atoms with Crippen LogP contribution in [0.2, 0.25) is 0 Å². The summed E-state index contributed by atoms with van der Waals surface area (Å²) in [6.07, 6.45) is 0. The topological polar surface area (TPSA) is 15.8 Å². The SMILES string of the molecule is C=C(c1ccc(C)cc1)c1c(C)[nH]c2ccccc12. The predicted molar refractivity (Wildman–Crippen MR) is 82.4 cm³/mol. The molecule has 0 aliphatic rings. The summed E-state index contributed by atoms with van der Waals surface area (Å²) in [6.45, 7) is 8.49. The van der Waals surface area contributed by atoms with Crippen LogP contribution >= 0.6 is 0 Å². The van der Waals surface area contributed by atoms with E-state index in [9.17, 15) is 0 Å². The van der Waals surface area contributed by atoms with Gasteiger partial charge in [-0.1, -0.05) is 54.6 Å². The maximum absolute atomic E-state index is 4.29. The summed E-state index contributed by atoms with van der Waals surface area (Å²) in [4.78, 5) is 3.43. The molecule has 0 unspecified atom stereocenters. The van der Waals surface area contributed by atoms with Crippen molar-refractivity contribution in [2.45, 2.75) is 13.8 Å². The standard InChI is InChI=1S/C18H17N/c1-12-8-10-15(11-9-12)13(2)18-14(3)19-17-7-5-4-6-16(17)18/h4-11,19H,2H2,1,3H3. The maximum Gasteiger partial charge on any atom is 0.0462 e. The van der Waals surface area contributed by atoms with Crippen molar-refractivity contribution in [2.24, 2.45) is 0 Å². The first kappa shape index (κ1) is 11.8. The number of benzene rings is 2. The number of hydrogen-bond acceptors (Lipinski definition) is 0. The minimum atomic E-state index is 1.08. The van der Waals surface area contributed by atoms with Crippen LogP contribution in [0, 0.1) is 13.8 Å². The number of nitrogens with one attached hydrogen (secondary N) is 1. The molecule has 1 nitrogen and oxygen atoms in total. The van der Waals surface area contributed by atoms with Crippen LogP contribution in [0.4, 0.5) is 0 Å². The molecule has 0 aliphatic carbocycles. The summed E-state index contributed by atoms with van der Waals surface area (Å²) < 4.78 is 0. The van der Waals surface area contributed by atoms with Crippen molar-refractivity contribution >= 4 is 16.5 Å². The normalized spacial score (nSPS) is 10.8. The van der Waals surface area contributed by atoms with Gasteiger partial charge >= 0.3 is 0 Å². The molecule has 0 radical (unpaired) electrons. The third-order valence-electron chi connectivity index (χ3n) is 3.60. The zero-order valence-corrected chi connectivity index (χ0v) is 11.3. The summed E-state index contributed by atoms with van der Waals surface area (Å²) in [5.41, 5.74) is 7.09. The molecule has 1 heterocycles. The van der Waals surface area contributed by atoms with Crippen molar-refractivity contribution in [1.82, 2.24) is 4.98 Å². The molecule has 19 heavy (non-hydrogen) atoms. The van der Waals surface area contributed by atoms with E-state index in [1.165, 1.54) is 33.3 Å². The molecule has 0 fully saturated rings. The van der Waals surface area contributed by atoms with E-state index in [2.05, 4.69) is 73.9 Å². The van der Waals surface area contributed by atoms with Crippen LogP contribution in [0.25, 0.3) is 16.5 Å². The second-order valence-electron chi connectivity index (χ2n) is 5.02. The van der Waals surface area contributed by atoms with E-state index in [0.29, 0.717) is 0 Å². The summed E-state index contributed by atoms with van der Waals surface area (Å²) in [6, 6.07) is 16.9. The van der Waals surface area contributed by atoms with Gasteiger partial charge < -0.3 is 4.98 Å². The fourth-order valence-corrected chi connectivity index (χ4v) is 2.56. The summed E-state index contributed by atoms with van der Waals surface area (Å²) >= 11 is 0. The van der Waals surface area contributed by atoms with Crippen LogP contribution in [0.3, 0.4) is 0 Å². The van der Waals surface area contributed by atoms with Crippen molar-refractivity contribution in [3.05, 3.63) is 77.5 Å². The number of aromatic amines is 1. The number of rotatable bonds is 2. The van der Waals surface area contributed by atoms with Gasteiger partial charge in [0, 0.05) is 22.2 Å². The Labute approximate surface area is 113 Å².